The smallest absolute Gasteiger partial charge is 0.233 e. The molecule has 2 aromatic rings. The highest BCUT2D eigenvalue weighted by atomic mass is 32.2. The van der Waals surface area contributed by atoms with Crippen molar-refractivity contribution in [2.24, 2.45) is 0 Å². The van der Waals surface area contributed by atoms with Gasteiger partial charge in [0.05, 0.1) is 18.3 Å². The molecular weight excluding hydrogens is 370 g/mol. The molecule has 1 aromatic heterocycles. The lowest BCUT2D eigenvalue weighted by Gasteiger charge is -2.26. The molecule has 0 spiro atoms. The molecule has 0 bridgehead atoms. The Morgan fingerprint density at radius 3 is 2.61 bits per heavy atom. The number of rotatable bonds is 8. The van der Waals surface area contributed by atoms with Crippen molar-refractivity contribution in [1.29, 1.82) is 0 Å². The number of nitrogens with zero attached hydrogens (tertiary/aromatic N) is 4. The number of carbonyl (C=O) groups excluding carboxylic acids is 1. The lowest BCUT2D eigenvalue weighted by Crippen LogP contribution is -2.32. The van der Waals surface area contributed by atoms with Crippen LogP contribution in [0.5, 0.6) is 0 Å². The summed E-state index contributed by atoms with van der Waals surface area (Å²) < 4.78 is 2.19. The Hall–Kier alpha value is -1.86. The van der Waals surface area contributed by atoms with E-state index in [4.69, 9.17) is 0 Å². The first-order chi connectivity index (χ1) is 13.7. The van der Waals surface area contributed by atoms with Crippen LogP contribution in [0.25, 0.3) is 0 Å². The molecule has 1 atom stereocenters. The van der Waals surface area contributed by atoms with E-state index in [-0.39, 0.29) is 11.2 Å². The van der Waals surface area contributed by atoms with E-state index >= 15 is 0 Å². The maximum atomic E-state index is 12.4. The summed E-state index contributed by atoms with van der Waals surface area (Å²) in [5.41, 5.74) is 1.22. The van der Waals surface area contributed by atoms with Gasteiger partial charge in [0.2, 0.25) is 5.91 Å². The van der Waals surface area contributed by atoms with Crippen molar-refractivity contribution < 1.29 is 4.79 Å². The summed E-state index contributed by atoms with van der Waals surface area (Å²) in [6.07, 6.45) is 6.04. The summed E-state index contributed by atoms with van der Waals surface area (Å²) in [5, 5.41) is 12.7. The van der Waals surface area contributed by atoms with Gasteiger partial charge in [0.15, 0.2) is 5.16 Å². The number of nitrogens with one attached hydrogen (secondary N) is 1. The molecule has 6 nitrogen and oxygen atoms in total. The minimum Gasteiger partial charge on any atom is -0.352 e. The average molecular weight is 400 g/mol. The van der Waals surface area contributed by atoms with Crippen molar-refractivity contribution in [1.82, 2.24) is 25.0 Å². The van der Waals surface area contributed by atoms with Crippen molar-refractivity contribution in [3.8, 4) is 0 Å². The van der Waals surface area contributed by atoms with E-state index in [1.807, 2.05) is 13.0 Å². The second kappa shape index (κ2) is 9.09. The van der Waals surface area contributed by atoms with Gasteiger partial charge in [-0.25, -0.2) is 0 Å². The molecular formula is C21H29N5OS. The Morgan fingerprint density at radius 1 is 1.14 bits per heavy atom. The Bertz CT molecular complexity index is 783. The molecule has 28 heavy (non-hydrogen) atoms. The van der Waals surface area contributed by atoms with E-state index in [2.05, 4.69) is 49.2 Å². The second-order valence-corrected chi connectivity index (χ2v) is 9.16. The van der Waals surface area contributed by atoms with E-state index in [0.29, 0.717) is 6.04 Å². The summed E-state index contributed by atoms with van der Waals surface area (Å²) in [6.45, 7) is 5.76. The molecule has 2 heterocycles. The first kappa shape index (κ1) is 19.5. The van der Waals surface area contributed by atoms with Crippen LogP contribution < -0.4 is 5.32 Å². The van der Waals surface area contributed by atoms with Crippen LogP contribution in [0.2, 0.25) is 0 Å². The maximum Gasteiger partial charge on any atom is 0.233 e. The lowest BCUT2D eigenvalue weighted by molar-refractivity contribution is -0.120. The Labute approximate surface area is 171 Å². The summed E-state index contributed by atoms with van der Waals surface area (Å²) in [5.74, 6) is 1.09. The molecule has 1 aliphatic heterocycles. The SMILES string of the molecule is C[C@H](Sc1nnc(CN2CCCCC2)n1Cc1ccccc1)C(=O)NC1CC1. The van der Waals surface area contributed by atoms with Gasteiger partial charge in [0, 0.05) is 6.04 Å². The number of likely N-dealkylation sites (tertiary alicyclic amines) is 1. The third-order valence-electron chi connectivity index (χ3n) is 5.37. The maximum absolute atomic E-state index is 12.4. The molecule has 1 N–H and O–H groups in total. The van der Waals surface area contributed by atoms with Crippen molar-refractivity contribution in [3.05, 3.63) is 41.7 Å². The van der Waals surface area contributed by atoms with Crippen LogP contribution in [-0.4, -0.2) is 50.0 Å². The monoisotopic (exact) mass is 399 g/mol. The summed E-state index contributed by atoms with van der Waals surface area (Å²) >= 11 is 1.51. The van der Waals surface area contributed by atoms with Crippen LogP contribution in [0.3, 0.4) is 0 Å². The zero-order valence-electron chi connectivity index (χ0n) is 16.5. The van der Waals surface area contributed by atoms with Crippen molar-refractivity contribution in [2.45, 2.75) is 68.6 Å². The van der Waals surface area contributed by atoms with E-state index in [9.17, 15) is 4.79 Å². The number of amides is 1. The summed E-state index contributed by atoms with van der Waals surface area (Å²) in [7, 11) is 0. The number of hydrogen-bond donors (Lipinski definition) is 1. The van der Waals surface area contributed by atoms with E-state index in [0.717, 1.165) is 50.0 Å². The fourth-order valence-corrected chi connectivity index (χ4v) is 4.40. The number of carbonyl (C=O) groups is 1. The van der Waals surface area contributed by atoms with Gasteiger partial charge in [0.25, 0.3) is 0 Å². The van der Waals surface area contributed by atoms with Crippen LogP contribution in [0, 0.1) is 0 Å². The normalized spacial score (nSPS) is 18.8. The molecule has 1 saturated carbocycles. The zero-order chi connectivity index (χ0) is 19.3. The van der Waals surface area contributed by atoms with Crippen LogP contribution in [0.4, 0.5) is 0 Å². The number of benzene rings is 1. The van der Waals surface area contributed by atoms with Gasteiger partial charge in [-0.05, 0) is 51.3 Å². The Kier molecular flexibility index (Phi) is 6.32. The lowest BCUT2D eigenvalue weighted by atomic mass is 10.1. The van der Waals surface area contributed by atoms with Gasteiger partial charge in [-0.3, -0.25) is 9.69 Å². The minimum atomic E-state index is -0.179. The van der Waals surface area contributed by atoms with Gasteiger partial charge in [0.1, 0.15) is 5.82 Å². The molecule has 4 rings (SSSR count). The van der Waals surface area contributed by atoms with Crippen LogP contribution in [0.1, 0.15) is 50.4 Å². The van der Waals surface area contributed by atoms with E-state index in [1.54, 1.807) is 0 Å². The van der Waals surface area contributed by atoms with Crippen LogP contribution in [0.15, 0.2) is 35.5 Å². The predicted molar refractivity (Wildman–Crippen MR) is 111 cm³/mol. The largest absolute Gasteiger partial charge is 0.352 e. The van der Waals surface area contributed by atoms with Gasteiger partial charge in [-0.15, -0.1) is 10.2 Å². The third-order valence-corrected chi connectivity index (χ3v) is 6.45. The van der Waals surface area contributed by atoms with E-state index in [1.165, 1.54) is 36.6 Å². The Balaban J connectivity index is 1.51. The van der Waals surface area contributed by atoms with Gasteiger partial charge in [-0.1, -0.05) is 48.5 Å². The average Bonchev–Trinajstić information content (AvgIpc) is 3.47. The van der Waals surface area contributed by atoms with Gasteiger partial charge in [-0.2, -0.15) is 0 Å². The molecule has 2 aliphatic rings. The minimum absolute atomic E-state index is 0.0966. The second-order valence-electron chi connectivity index (χ2n) is 7.85. The number of hydrogen-bond acceptors (Lipinski definition) is 5. The fourth-order valence-electron chi connectivity index (χ4n) is 3.52. The molecule has 1 aliphatic carbocycles. The quantitative estimate of drug-likeness (QED) is 0.691. The summed E-state index contributed by atoms with van der Waals surface area (Å²) in [6, 6.07) is 10.8. The van der Waals surface area contributed by atoms with Crippen molar-refractivity contribution >= 4 is 17.7 Å². The first-order valence-electron chi connectivity index (χ1n) is 10.3. The molecule has 150 valence electrons. The topological polar surface area (TPSA) is 63.1 Å². The predicted octanol–water partition coefficient (Wildman–Crippen LogP) is 3.07. The molecule has 7 heteroatoms. The van der Waals surface area contributed by atoms with Crippen LogP contribution >= 0.6 is 11.8 Å². The molecule has 0 radical (unpaired) electrons. The molecule has 1 aromatic carbocycles. The van der Waals surface area contributed by atoms with E-state index < -0.39 is 0 Å². The molecule has 1 amide bonds. The van der Waals surface area contributed by atoms with Crippen LogP contribution in [-0.2, 0) is 17.9 Å². The summed E-state index contributed by atoms with van der Waals surface area (Å²) in [4.78, 5) is 14.9. The molecule has 1 saturated heterocycles. The fraction of sp³-hybridized carbons (Fsp3) is 0.571. The van der Waals surface area contributed by atoms with Crippen molar-refractivity contribution in [3.63, 3.8) is 0 Å². The highest BCUT2D eigenvalue weighted by Crippen LogP contribution is 2.26. The molecule has 2 fully saturated rings. The Morgan fingerprint density at radius 2 is 1.89 bits per heavy atom. The highest BCUT2D eigenvalue weighted by molar-refractivity contribution is 8.00. The highest BCUT2D eigenvalue weighted by Gasteiger charge is 2.27. The van der Waals surface area contributed by atoms with Gasteiger partial charge < -0.3 is 9.88 Å². The van der Waals surface area contributed by atoms with Gasteiger partial charge >= 0.3 is 0 Å². The standard InChI is InChI=1S/C21H29N5OS/c1-16(20(27)22-18-10-11-18)28-21-24-23-19(15-25-12-6-3-7-13-25)26(21)14-17-8-4-2-5-9-17/h2,4-5,8-9,16,18H,3,6-7,10-15H2,1H3,(H,22,27)/t16-/m0/s1. The first-order valence-corrected chi connectivity index (χ1v) is 11.2. The third kappa shape index (κ3) is 5.14. The molecule has 0 unspecified atom stereocenters. The number of piperidine rings is 1. The van der Waals surface area contributed by atoms with Crippen molar-refractivity contribution in [2.75, 3.05) is 13.1 Å². The number of thioether (sulfide) groups is 1. The number of aromatic nitrogens is 3. The zero-order valence-corrected chi connectivity index (χ0v) is 17.3.